The number of hydrogen-bond acceptors (Lipinski definition) is 3. The highest BCUT2D eigenvalue weighted by atomic mass is 79.9. The molecule has 0 fully saturated rings. The van der Waals surface area contributed by atoms with Crippen LogP contribution in [-0.2, 0) is 6.54 Å². The number of methoxy groups -OCH3 is 1. The molecule has 2 aromatic carbocycles. The van der Waals surface area contributed by atoms with Crippen molar-refractivity contribution < 1.29 is 9.53 Å². The van der Waals surface area contributed by atoms with Gasteiger partial charge in [0.2, 0.25) is 0 Å². The number of nitrogens with zero attached hydrogens (tertiary/aromatic N) is 2. The highest BCUT2D eigenvalue weighted by molar-refractivity contribution is 9.10. The van der Waals surface area contributed by atoms with Crippen LogP contribution < -0.4 is 10.2 Å². The Morgan fingerprint density at radius 1 is 1.33 bits per heavy atom. The Hall–Kier alpha value is -2.86. The molecular weight excluding hydrogens is 406 g/mol. The lowest BCUT2D eigenvalue weighted by Gasteiger charge is -2.07. The van der Waals surface area contributed by atoms with Gasteiger partial charge >= 0.3 is 0 Å². The molecule has 138 valence electrons. The van der Waals surface area contributed by atoms with E-state index in [0.29, 0.717) is 17.9 Å². The summed E-state index contributed by atoms with van der Waals surface area (Å²) in [6.07, 6.45) is 3.54. The SMILES string of the molecule is C=CCn1c(C)c(/C=N\NC(=O)c2cc(Br)ccc2OC)c2ccccc21. The molecule has 0 bridgehead atoms. The Kier molecular flexibility index (Phi) is 5.76. The summed E-state index contributed by atoms with van der Waals surface area (Å²) in [6.45, 7) is 6.57. The molecule has 0 aliphatic rings. The van der Waals surface area contributed by atoms with Gasteiger partial charge in [-0.2, -0.15) is 5.10 Å². The van der Waals surface area contributed by atoms with E-state index in [1.54, 1.807) is 18.3 Å². The average molecular weight is 426 g/mol. The van der Waals surface area contributed by atoms with Gasteiger partial charge in [-0.05, 0) is 31.2 Å². The van der Waals surface area contributed by atoms with Crippen LogP contribution in [0.2, 0.25) is 0 Å². The van der Waals surface area contributed by atoms with Gasteiger partial charge in [-0.15, -0.1) is 6.58 Å². The van der Waals surface area contributed by atoms with Crippen molar-refractivity contribution in [3.8, 4) is 5.75 Å². The lowest BCUT2D eigenvalue weighted by molar-refractivity contribution is 0.0952. The van der Waals surface area contributed by atoms with Gasteiger partial charge in [0.1, 0.15) is 5.75 Å². The van der Waals surface area contributed by atoms with Crippen LogP contribution >= 0.6 is 15.9 Å². The Balaban J connectivity index is 1.89. The van der Waals surface area contributed by atoms with Crippen LogP contribution in [0.15, 0.2) is 64.7 Å². The number of hydrazone groups is 1. The van der Waals surface area contributed by atoms with Crippen molar-refractivity contribution in [1.82, 2.24) is 9.99 Å². The number of rotatable bonds is 6. The van der Waals surface area contributed by atoms with Crippen LogP contribution in [0.4, 0.5) is 0 Å². The number of ether oxygens (including phenoxy) is 1. The molecule has 1 N–H and O–H groups in total. The minimum absolute atomic E-state index is 0.336. The summed E-state index contributed by atoms with van der Waals surface area (Å²) in [5, 5.41) is 5.25. The lowest BCUT2D eigenvalue weighted by atomic mass is 10.1. The van der Waals surface area contributed by atoms with Crippen molar-refractivity contribution in [2.24, 2.45) is 5.10 Å². The Bertz CT molecular complexity index is 1040. The minimum Gasteiger partial charge on any atom is -0.496 e. The Labute approximate surface area is 166 Å². The van der Waals surface area contributed by atoms with Crippen molar-refractivity contribution >= 4 is 39.0 Å². The van der Waals surface area contributed by atoms with E-state index in [1.165, 1.54) is 7.11 Å². The van der Waals surface area contributed by atoms with Gasteiger partial charge in [0.15, 0.2) is 0 Å². The zero-order chi connectivity index (χ0) is 19.4. The second kappa shape index (κ2) is 8.22. The number of amides is 1. The van der Waals surface area contributed by atoms with Crippen LogP contribution in [-0.4, -0.2) is 23.8 Å². The molecule has 1 amide bonds. The molecule has 0 unspecified atom stereocenters. The largest absolute Gasteiger partial charge is 0.496 e. The van der Waals surface area contributed by atoms with Crippen molar-refractivity contribution in [1.29, 1.82) is 0 Å². The van der Waals surface area contributed by atoms with Crippen LogP contribution in [0, 0.1) is 6.92 Å². The van der Waals surface area contributed by atoms with Gasteiger partial charge in [0.25, 0.3) is 5.91 Å². The third-order valence-electron chi connectivity index (χ3n) is 4.36. The van der Waals surface area contributed by atoms with E-state index in [1.807, 2.05) is 37.3 Å². The number of aromatic nitrogens is 1. The van der Waals surface area contributed by atoms with Crippen LogP contribution in [0.25, 0.3) is 10.9 Å². The van der Waals surface area contributed by atoms with E-state index in [9.17, 15) is 4.79 Å². The Morgan fingerprint density at radius 2 is 2.11 bits per heavy atom. The molecular formula is C21H20BrN3O2. The van der Waals surface area contributed by atoms with Crippen LogP contribution in [0.1, 0.15) is 21.6 Å². The van der Waals surface area contributed by atoms with E-state index in [0.717, 1.165) is 26.6 Å². The molecule has 5 nitrogen and oxygen atoms in total. The maximum Gasteiger partial charge on any atom is 0.275 e. The summed E-state index contributed by atoms with van der Waals surface area (Å²) < 4.78 is 8.21. The number of para-hydroxylation sites is 1. The zero-order valence-electron chi connectivity index (χ0n) is 15.2. The number of allylic oxidation sites excluding steroid dienone is 1. The fraction of sp³-hybridized carbons (Fsp3) is 0.143. The number of carbonyl (C=O) groups is 1. The van der Waals surface area contributed by atoms with Crippen molar-refractivity contribution in [3.63, 3.8) is 0 Å². The topological polar surface area (TPSA) is 55.6 Å². The van der Waals surface area contributed by atoms with E-state index >= 15 is 0 Å². The zero-order valence-corrected chi connectivity index (χ0v) is 16.8. The van der Waals surface area contributed by atoms with E-state index in [4.69, 9.17) is 4.74 Å². The summed E-state index contributed by atoms with van der Waals surface area (Å²) in [5.41, 5.74) is 6.13. The predicted molar refractivity (Wildman–Crippen MR) is 113 cm³/mol. The maximum absolute atomic E-state index is 12.5. The van der Waals surface area contributed by atoms with Gasteiger partial charge in [-0.25, -0.2) is 5.43 Å². The fourth-order valence-electron chi connectivity index (χ4n) is 3.06. The van der Waals surface area contributed by atoms with Crippen molar-refractivity contribution in [3.05, 3.63) is 76.4 Å². The molecule has 0 radical (unpaired) electrons. The molecule has 0 spiro atoms. The van der Waals surface area contributed by atoms with E-state index in [2.05, 4.69) is 43.7 Å². The third kappa shape index (κ3) is 3.80. The number of hydrogen-bond donors (Lipinski definition) is 1. The third-order valence-corrected chi connectivity index (χ3v) is 4.85. The Morgan fingerprint density at radius 3 is 2.85 bits per heavy atom. The molecule has 27 heavy (non-hydrogen) atoms. The highest BCUT2D eigenvalue weighted by Crippen LogP contribution is 2.25. The average Bonchev–Trinajstić information content (AvgIpc) is 2.94. The number of benzene rings is 2. The molecule has 3 aromatic rings. The molecule has 3 rings (SSSR count). The first-order valence-corrected chi connectivity index (χ1v) is 9.21. The monoisotopic (exact) mass is 425 g/mol. The first kappa shape index (κ1) is 18.9. The normalized spacial score (nSPS) is 11.1. The van der Waals surface area contributed by atoms with Gasteiger partial charge in [-0.3, -0.25) is 4.79 Å². The standard InChI is InChI=1S/C21H20BrN3O2/c1-4-11-25-14(2)18(16-7-5-6-8-19(16)25)13-23-24-21(26)17-12-15(22)9-10-20(17)27-3/h4-10,12-13H,1,11H2,2-3H3,(H,24,26)/b23-13-. The second-order valence-electron chi connectivity index (χ2n) is 5.96. The molecule has 0 atom stereocenters. The molecule has 0 aliphatic heterocycles. The van der Waals surface area contributed by atoms with Crippen LogP contribution in [0.3, 0.4) is 0 Å². The maximum atomic E-state index is 12.5. The summed E-state index contributed by atoms with van der Waals surface area (Å²) in [5.74, 6) is 0.154. The lowest BCUT2D eigenvalue weighted by Crippen LogP contribution is -2.18. The first-order valence-electron chi connectivity index (χ1n) is 8.42. The van der Waals surface area contributed by atoms with E-state index in [-0.39, 0.29) is 5.91 Å². The van der Waals surface area contributed by atoms with Gasteiger partial charge < -0.3 is 9.30 Å². The minimum atomic E-state index is -0.336. The van der Waals surface area contributed by atoms with Gasteiger partial charge in [0, 0.05) is 33.2 Å². The fourth-order valence-corrected chi connectivity index (χ4v) is 3.42. The molecule has 1 aromatic heterocycles. The summed E-state index contributed by atoms with van der Waals surface area (Å²) in [7, 11) is 1.53. The second-order valence-corrected chi connectivity index (χ2v) is 6.87. The van der Waals surface area contributed by atoms with E-state index < -0.39 is 0 Å². The molecule has 0 saturated heterocycles. The summed E-state index contributed by atoms with van der Waals surface area (Å²) in [4.78, 5) is 12.5. The number of halogens is 1. The number of carbonyl (C=O) groups excluding carboxylic acids is 1. The summed E-state index contributed by atoms with van der Waals surface area (Å²) >= 11 is 3.37. The molecule has 0 aliphatic carbocycles. The quantitative estimate of drug-likeness (QED) is 0.354. The number of fused-ring (bicyclic) bond motifs is 1. The molecule has 1 heterocycles. The van der Waals surface area contributed by atoms with Crippen molar-refractivity contribution in [2.75, 3.05) is 7.11 Å². The molecule has 0 saturated carbocycles. The predicted octanol–water partition coefficient (Wildman–Crippen LogP) is 4.67. The van der Waals surface area contributed by atoms with Gasteiger partial charge in [0.05, 0.1) is 18.9 Å². The first-order chi connectivity index (χ1) is 13.1. The van der Waals surface area contributed by atoms with Gasteiger partial charge in [-0.1, -0.05) is 40.2 Å². The molecule has 6 heteroatoms. The number of nitrogens with one attached hydrogen (secondary N) is 1. The van der Waals surface area contributed by atoms with Crippen LogP contribution in [0.5, 0.6) is 5.75 Å². The highest BCUT2D eigenvalue weighted by Gasteiger charge is 2.13. The van der Waals surface area contributed by atoms with Crippen molar-refractivity contribution in [2.45, 2.75) is 13.5 Å². The summed E-state index contributed by atoms with van der Waals surface area (Å²) in [6, 6.07) is 13.3. The smallest absolute Gasteiger partial charge is 0.275 e.